The molecule has 1 fully saturated rings. The fourth-order valence-electron chi connectivity index (χ4n) is 4.17. The third-order valence-electron chi connectivity index (χ3n) is 5.91. The number of amides is 1. The first-order valence-corrected chi connectivity index (χ1v) is 11.9. The van der Waals surface area contributed by atoms with Crippen molar-refractivity contribution in [1.29, 1.82) is 0 Å². The van der Waals surface area contributed by atoms with Crippen molar-refractivity contribution in [3.05, 3.63) is 65.3 Å². The Labute approximate surface area is 206 Å². The lowest BCUT2D eigenvalue weighted by atomic mass is 10.2. The number of aromatic nitrogens is 3. The summed E-state index contributed by atoms with van der Waals surface area (Å²) < 4.78 is 17.3. The quantitative estimate of drug-likeness (QED) is 0.458. The molecule has 4 rings (SSSR count). The molecule has 0 unspecified atom stereocenters. The van der Waals surface area contributed by atoms with Crippen LogP contribution in [0.1, 0.15) is 36.4 Å². The average Bonchev–Trinajstić information content (AvgIpc) is 3.07. The van der Waals surface area contributed by atoms with Gasteiger partial charge in [-0.15, -0.1) is 0 Å². The number of hydrogen-bond donors (Lipinski definition) is 0. The summed E-state index contributed by atoms with van der Waals surface area (Å²) in [5.41, 5.74) is 2.90. The second kappa shape index (κ2) is 11.4. The first kappa shape index (κ1) is 24.8. The van der Waals surface area contributed by atoms with Gasteiger partial charge in [-0.25, -0.2) is 9.97 Å². The van der Waals surface area contributed by atoms with Crippen molar-refractivity contribution >= 4 is 5.91 Å². The van der Waals surface area contributed by atoms with Gasteiger partial charge in [0, 0.05) is 44.1 Å². The molecular formula is C26H33N5O4. The van der Waals surface area contributed by atoms with Crippen LogP contribution in [0.25, 0.3) is 0 Å². The Morgan fingerprint density at radius 1 is 1.11 bits per heavy atom. The van der Waals surface area contributed by atoms with Crippen LogP contribution in [0.5, 0.6) is 11.8 Å². The number of aryl methyl sites for hydroxylation is 2. The maximum absolute atomic E-state index is 13.1. The monoisotopic (exact) mass is 479 g/mol. The molecule has 1 aliphatic heterocycles. The summed E-state index contributed by atoms with van der Waals surface area (Å²) in [6.45, 7) is 11.4. The minimum absolute atomic E-state index is 0.119. The maximum Gasteiger partial charge on any atom is 0.321 e. The summed E-state index contributed by atoms with van der Waals surface area (Å²) in [6.07, 6.45) is 3.16. The largest absolute Gasteiger partial charge is 0.424 e. The van der Waals surface area contributed by atoms with Crippen molar-refractivity contribution in [1.82, 2.24) is 24.9 Å². The molecule has 9 nitrogen and oxygen atoms in total. The number of hydrogen-bond acceptors (Lipinski definition) is 8. The van der Waals surface area contributed by atoms with E-state index in [1.807, 2.05) is 43.0 Å². The van der Waals surface area contributed by atoms with E-state index in [-0.39, 0.29) is 12.0 Å². The van der Waals surface area contributed by atoms with E-state index in [9.17, 15) is 4.79 Å². The molecule has 3 aromatic rings. The summed E-state index contributed by atoms with van der Waals surface area (Å²) in [7, 11) is 0. The number of nitrogens with zero attached hydrogens (tertiary/aromatic N) is 5. The highest BCUT2D eigenvalue weighted by Gasteiger charge is 2.29. The van der Waals surface area contributed by atoms with Crippen LogP contribution in [0.3, 0.4) is 0 Å². The summed E-state index contributed by atoms with van der Waals surface area (Å²) in [4.78, 5) is 25.3. The molecule has 1 aromatic carbocycles. The summed E-state index contributed by atoms with van der Waals surface area (Å²) >= 11 is 0. The summed E-state index contributed by atoms with van der Waals surface area (Å²) in [5.74, 6) is 1.94. The first-order valence-electron chi connectivity index (χ1n) is 11.9. The van der Waals surface area contributed by atoms with Crippen molar-refractivity contribution < 1.29 is 18.8 Å². The van der Waals surface area contributed by atoms with Crippen LogP contribution in [-0.4, -0.2) is 63.1 Å². The Morgan fingerprint density at radius 2 is 1.86 bits per heavy atom. The van der Waals surface area contributed by atoms with E-state index >= 15 is 0 Å². The van der Waals surface area contributed by atoms with E-state index in [0.717, 1.165) is 22.6 Å². The molecule has 2 aromatic heterocycles. The molecule has 0 aliphatic carbocycles. The molecule has 1 amide bonds. The highest BCUT2D eigenvalue weighted by atomic mass is 16.5. The lowest BCUT2D eigenvalue weighted by Crippen LogP contribution is -2.40. The Bertz CT molecular complexity index is 1080. The molecule has 1 aliphatic rings. The molecule has 0 saturated carbocycles. The van der Waals surface area contributed by atoms with E-state index in [0.29, 0.717) is 57.0 Å². The molecule has 0 spiro atoms. The van der Waals surface area contributed by atoms with Gasteiger partial charge in [0.25, 0.3) is 0 Å². The van der Waals surface area contributed by atoms with Crippen LogP contribution in [0, 0.1) is 19.8 Å². The third kappa shape index (κ3) is 6.86. The van der Waals surface area contributed by atoms with Crippen molar-refractivity contribution in [2.45, 2.75) is 47.0 Å². The van der Waals surface area contributed by atoms with Gasteiger partial charge in [-0.3, -0.25) is 9.69 Å². The highest BCUT2D eigenvalue weighted by molar-refractivity contribution is 5.78. The Kier molecular flexibility index (Phi) is 8.09. The van der Waals surface area contributed by atoms with E-state index < -0.39 is 0 Å². The highest BCUT2D eigenvalue weighted by Crippen LogP contribution is 2.21. The van der Waals surface area contributed by atoms with Gasteiger partial charge in [0.05, 0.1) is 24.9 Å². The Hall–Kier alpha value is -3.30. The molecule has 0 radical (unpaired) electrons. The summed E-state index contributed by atoms with van der Waals surface area (Å²) in [5, 5.41) is 4.02. The zero-order valence-electron chi connectivity index (χ0n) is 20.8. The van der Waals surface area contributed by atoms with Gasteiger partial charge in [-0.05, 0) is 43.5 Å². The first-order chi connectivity index (χ1) is 16.9. The normalized spacial score (nSPS) is 17.1. The van der Waals surface area contributed by atoms with Gasteiger partial charge < -0.3 is 18.9 Å². The van der Waals surface area contributed by atoms with Gasteiger partial charge in [-0.2, -0.15) is 0 Å². The van der Waals surface area contributed by atoms with Gasteiger partial charge in [-0.1, -0.05) is 31.1 Å². The third-order valence-corrected chi connectivity index (χ3v) is 5.91. The Balaban J connectivity index is 1.43. The molecule has 1 saturated heterocycles. The fraction of sp³-hybridized carbons (Fsp3) is 0.462. The van der Waals surface area contributed by atoms with Crippen molar-refractivity contribution in [3.8, 4) is 11.8 Å². The van der Waals surface area contributed by atoms with Crippen molar-refractivity contribution in [2.24, 2.45) is 5.92 Å². The van der Waals surface area contributed by atoms with E-state index in [4.69, 9.17) is 14.0 Å². The predicted molar refractivity (Wildman–Crippen MR) is 130 cm³/mol. The van der Waals surface area contributed by atoms with Crippen molar-refractivity contribution in [2.75, 3.05) is 26.2 Å². The zero-order valence-corrected chi connectivity index (χ0v) is 20.8. The molecule has 9 heteroatoms. The number of ether oxygens (including phenoxy) is 2. The predicted octanol–water partition coefficient (Wildman–Crippen LogP) is 3.76. The Morgan fingerprint density at radius 3 is 2.51 bits per heavy atom. The van der Waals surface area contributed by atoms with Gasteiger partial charge in [0.2, 0.25) is 5.91 Å². The van der Waals surface area contributed by atoms with Crippen LogP contribution in [0.2, 0.25) is 0 Å². The fourth-order valence-corrected chi connectivity index (χ4v) is 4.17. The SMILES string of the molecule is Cc1noc(C)c1CO[C@H]1CN(Cc2ccc(Oc3ncccn3)cc2)CC(=O)N(CC(C)C)C1. The second-order valence-corrected chi connectivity index (χ2v) is 9.38. The van der Waals surface area contributed by atoms with Gasteiger partial charge in [0.1, 0.15) is 11.5 Å². The molecule has 0 N–H and O–H groups in total. The number of carbonyl (C=O) groups is 1. The number of rotatable bonds is 9. The van der Waals surface area contributed by atoms with Crippen LogP contribution in [0.15, 0.2) is 47.2 Å². The van der Waals surface area contributed by atoms with Gasteiger partial charge >= 0.3 is 6.01 Å². The second-order valence-electron chi connectivity index (χ2n) is 9.38. The number of carbonyl (C=O) groups excluding carboxylic acids is 1. The van der Waals surface area contributed by atoms with Crippen LogP contribution >= 0.6 is 0 Å². The topological polar surface area (TPSA) is 93.8 Å². The molecule has 0 bridgehead atoms. The summed E-state index contributed by atoms with van der Waals surface area (Å²) in [6, 6.07) is 9.83. The van der Waals surface area contributed by atoms with Crippen LogP contribution < -0.4 is 4.74 Å². The zero-order chi connectivity index (χ0) is 24.8. The van der Waals surface area contributed by atoms with Gasteiger partial charge in [0.15, 0.2) is 0 Å². The smallest absolute Gasteiger partial charge is 0.321 e. The lowest BCUT2D eigenvalue weighted by molar-refractivity contribution is -0.132. The molecular weight excluding hydrogens is 446 g/mol. The van der Waals surface area contributed by atoms with Crippen LogP contribution in [-0.2, 0) is 22.7 Å². The maximum atomic E-state index is 13.1. The van der Waals surface area contributed by atoms with E-state index in [2.05, 4.69) is 33.9 Å². The molecule has 1 atom stereocenters. The minimum Gasteiger partial charge on any atom is -0.424 e. The molecule has 35 heavy (non-hydrogen) atoms. The minimum atomic E-state index is -0.119. The molecule has 186 valence electrons. The molecule has 3 heterocycles. The van der Waals surface area contributed by atoms with Crippen molar-refractivity contribution in [3.63, 3.8) is 0 Å². The number of benzene rings is 1. The standard InChI is InChI=1S/C26H33N5O4/c1-18(2)12-31-15-23(33-17-24-19(3)29-35-20(24)4)14-30(16-25(31)32)13-21-6-8-22(9-7-21)34-26-27-10-5-11-28-26/h5-11,18,23H,12-17H2,1-4H3/t23-/m0/s1. The van der Waals surface area contributed by atoms with E-state index in [1.54, 1.807) is 18.5 Å². The van der Waals surface area contributed by atoms with E-state index in [1.165, 1.54) is 0 Å². The average molecular weight is 480 g/mol. The lowest BCUT2D eigenvalue weighted by Gasteiger charge is -2.26. The van der Waals surface area contributed by atoms with Crippen LogP contribution in [0.4, 0.5) is 0 Å².